The van der Waals surface area contributed by atoms with Gasteiger partial charge in [0.05, 0.1) is 12.3 Å². The van der Waals surface area contributed by atoms with Gasteiger partial charge >= 0.3 is 5.97 Å². The molecule has 5 heteroatoms. The number of hydrogen-bond donors (Lipinski definition) is 1. The molecule has 0 radical (unpaired) electrons. The number of ether oxygens (including phenoxy) is 2. The summed E-state index contributed by atoms with van der Waals surface area (Å²) in [4.78, 5) is 15.9. The summed E-state index contributed by atoms with van der Waals surface area (Å²) >= 11 is 0. The number of pyridine rings is 1. The monoisotopic (exact) mass is 403 g/mol. The summed E-state index contributed by atoms with van der Waals surface area (Å²) in [6, 6.07) is 20.1. The van der Waals surface area contributed by atoms with Crippen LogP contribution in [0.15, 0.2) is 66.9 Å². The number of fused-ring (bicyclic) bond motifs is 3. The van der Waals surface area contributed by atoms with E-state index in [1.54, 1.807) is 6.92 Å². The van der Waals surface area contributed by atoms with Crippen LogP contribution in [0.4, 0.5) is 0 Å². The third-order valence-corrected chi connectivity index (χ3v) is 5.46. The van der Waals surface area contributed by atoms with Crippen molar-refractivity contribution in [3.63, 3.8) is 0 Å². The Hall–Kier alpha value is -3.18. The molecule has 2 unspecified atom stereocenters. The van der Waals surface area contributed by atoms with Crippen LogP contribution in [-0.2, 0) is 16.0 Å². The third kappa shape index (κ3) is 4.21. The lowest BCUT2D eigenvalue weighted by Crippen LogP contribution is -2.26. The highest BCUT2D eigenvalue weighted by Gasteiger charge is 2.29. The summed E-state index contributed by atoms with van der Waals surface area (Å²) in [7, 11) is 0. The fraction of sp³-hybridized carbons (Fsp3) is 0.280. The molecule has 0 bridgehead atoms. The lowest BCUT2D eigenvalue weighted by atomic mass is 9.97. The molecule has 0 saturated heterocycles. The number of carbonyl (C=O) groups is 1. The van der Waals surface area contributed by atoms with E-state index in [-0.39, 0.29) is 5.92 Å². The van der Waals surface area contributed by atoms with Crippen LogP contribution >= 0.6 is 0 Å². The van der Waals surface area contributed by atoms with Crippen molar-refractivity contribution in [2.75, 3.05) is 13.2 Å². The van der Waals surface area contributed by atoms with Crippen molar-refractivity contribution in [3.05, 3.63) is 83.7 Å². The largest absolute Gasteiger partial charge is 0.494 e. The Morgan fingerprint density at radius 1 is 1.07 bits per heavy atom. The number of aromatic nitrogens is 1. The van der Waals surface area contributed by atoms with E-state index in [4.69, 9.17) is 9.47 Å². The Morgan fingerprint density at radius 3 is 2.60 bits per heavy atom. The Labute approximate surface area is 176 Å². The maximum Gasteiger partial charge on any atom is 0.333 e. The average Bonchev–Trinajstić information content (AvgIpc) is 3.09. The lowest BCUT2D eigenvalue weighted by Gasteiger charge is -2.14. The van der Waals surface area contributed by atoms with Gasteiger partial charge in [0.15, 0.2) is 6.10 Å². The van der Waals surface area contributed by atoms with Crippen molar-refractivity contribution in [2.24, 2.45) is 0 Å². The highest BCUT2D eigenvalue weighted by molar-refractivity contribution is 5.77. The first-order chi connectivity index (χ1) is 14.7. The molecule has 4 rings (SSSR count). The van der Waals surface area contributed by atoms with Crippen molar-refractivity contribution in [1.29, 1.82) is 0 Å². The molecule has 2 atom stereocenters. The number of benzene rings is 2. The first kappa shape index (κ1) is 20.1. The molecule has 1 aromatic heterocycles. The van der Waals surface area contributed by atoms with Crippen molar-refractivity contribution in [1.82, 2.24) is 4.98 Å². The molecule has 0 fully saturated rings. The van der Waals surface area contributed by atoms with Gasteiger partial charge in [-0.3, -0.25) is 4.98 Å². The smallest absolute Gasteiger partial charge is 0.333 e. The highest BCUT2D eigenvalue weighted by Crippen LogP contribution is 2.44. The molecule has 0 saturated carbocycles. The fourth-order valence-corrected chi connectivity index (χ4v) is 4.06. The number of hydrogen-bond acceptors (Lipinski definition) is 4. The summed E-state index contributed by atoms with van der Waals surface area (Å²) in [6.07, 6.45) is 2.21. The molecule has 1 aliphatic rings. The highest BCUT2D eigenvalue weighted by atomic mass is 16.5. The van der Waals surface area contributed by atoms with Gasteiger partial charge in [0.25, 0.3) is 0 Å². The molecule has 5 nitrogen and oxygen atoms in total. The Kier molecular flexibility index (Phi) is 6.10. The number of aliphatic carboxylic acids is 1. The van der Waals surface area contributed by atoms with Gasteiger partial charge < -0.3 is 14.6 Å². The topological polar surface area (TPSA) is 68.7 Å². The third-order valence-electron chi connectivity index (χ3n) is 5.46. The zero-order valence-corrected chi connectivity index (χ0v) is 17.0. The summed E-state index contributed by atoms with van der Waals surface area (Å²) in [6.45, 7) is 2.75. The molecule has 154 valence electrons. The van der Waals surface area contributed by atoms with Gasteiger partial charge in [-0.25, -0.2) is 4.79 Å². The zero-order valence-electron chi connectivity index (χ0n) is 17.0. The van der Waals surface area contributed by atoms with E-state index < -0.39 is 12.1 Å². The molecule has 3 aromatic rings. The molecule has 1 heterocycles. The SMILES string of the molecule is CCOC(Cc1ccc(OCCC2c3ccccc3-c3cccnc32)cc1)C(=O)O. The van der Waals surface area contributed by atoms with Crippen molar-refractivity contribution >= 4 is 5.97 Å². The van der Waals surface area contributed by atoms with Crippen LogP contribution in [0.5, 0.6) is 5.75 Å². The maximum atomic E-state index is 11.2. The van der Waals surface area contributed by atoms with Crippen LogP contribution in [0.2, 0.25) is 0 Å². The molecule has 1 N–H and O–H groups in total. The van der Waals surface area contributed by atoms with E-state index in [9.17, 15) is 9.90 Å². The van der Waals surface area contributed by atoms with E-state index in [1.165, 1.54) is 16.7 Å². The minimum atomic E-state index is -0.942. The lowest BCUT2D eigenvalue weighted by molar-refractivity contribution is -0.149. The number of nitrogens with zero attached hydrogens (tertiary/aromatic N) is 1. The van der Waals surface area contributed by atoms with E-state index in [0.717, 1.165) is 23.4 Å². The zero-order chi connectivity index (χ0) is 20.9. The summed E-state index contributed by atoms with van der Waals surface area (Å²) in [5, 5.41) is 9.22. The first-order valence-electron chi connectivity index (χ1n) is 10.3. The minimum Gasteiger partial charge on any atom is -0.494 e. The van der Waals surface area contributed by atoms with Gasteiger partial charge in [0, 0.05) is 30.7 Å². The van der Waals surface area contributed by atoms with E-state index in [2.05, 4.69) is 35.3 Å². The number of rotatable bonds is 9. The van der Waals surface area contributed by atoms with Crippen LogP contribution in [0.1, 0.15) is 36.1 Å². The minimum absolute atomic E-state index is 0.235. The summed E-state index contributed by atoms with van der Waals surface area (Å²) in [5.41, 5.74) is 5.81. The van der Waals surface area contributed by atoms with Crippen molar-refractivity contribution in [3.8, 4) is 16.9 Å². The molecule has 2 aromatic carbocycles. The quantitative estimate of drug-likeness (QED) is 0.561. The van der Waals surface area contributed by atoms with Gasteiger partial charge in [-0.05, 0) is 48.2 Å². The number of carboxylic acid groups (broad SMARTS) is 1. The predicted molar refractivity (Wildman–Crippen MR) is 115 cm³/mol. The molecular weight excluding hydrogens is 378 g/mol. The van der Waals surface area contributed by atoms with Crippen molar-refractivity contribution in [2.45, 2.75) is 31.8 Å². The van der Waals surface area contributed by atoms with Gasteiger partial charge in [0.1, 0.15) is 5.75 Å². The number of carboxylic acids is 1. The molecular formula is C25H25NO4. The fourth-order valence-electron chi connectivity index (χ4n) is 4.06. The van der Waals surface area contributed by atoms with Crippen LogP contribution < -0.4 is 4.74 Å². The van der Waals surface area contributed by atoms with Gasteiger partial charge in [-0.15, -0.1) is 0 Å². The first-order valence-corrected chi connectivity index (χ1v) is 10.3. The van der Waals surface area contributed by atoms with Gasteiger partial charge in [0.2, 0.25) is 0 Å². The van der Waals surface area contributed by atoms with Crippen LogP contribution in [-0.4, -0.2) is 35.4 Å². The summed E-state index contributed by atoms with van der Waals surface area (Å²) in [5.74, 6) is 0.0664. The normalized spacial score (nSPS) is 15.3. The Balaban J connectivity index is 1.38. The van der Waals surface area contributed by atoms with Crippen LogP contribution in [0.3, 0.4) is 0 Å². The predicted octanol–water partition coefficient (Wildman–Crippen LogP) is 4.70. The second-order valence-corrected chi connectivity index (χ2v) is 7.34. The van der Waals surface area contributed by atoms with E-state index in [0.29, 0.717) is 19.6 Å². The molecule has 0 aliphatic heterocycles. The molecule has 1 aliphatic carbocycles. The van der Waals surface area contributed by atoms with Crippen molar-refractivity contribution < 1.29 is 19.4 Å². The van der Waals surface area contributed by atoms with Gasteiger partial charge in [-0.2, -0.15) is 0 Å². The van der Waals surface area contributed by atoms with Crippen LogP contribution in [0, 0.1) is 0 Å². The van der Waals surface area contributed by atoms with Gasteiger partial charge in [-0.1, -0.05) is 42.5 Å². The standard InChI is InChI=1S/C25H25NO4/c1-2-29-23(25(27)28)16-17-9-11-18(12-10-17)30-15-13-22-20-7-4-3-6-19(20)21-8-5-14-26-24(21)22/h3-12,14,22-23H,2,13,15-16H2,1H3,(H,27,28). The Bertz CT molecular complexity index is 970. The maximum absolute atomic E-state index is 11.2. The second kappa shape index (κ2) is 9.09. The molecule has 0 spiro atoms. The molecule has 30 heavy (non-hydrogen) atoms. The van der Waals surface area contributed by atoms with E-state index >= 15 is 0 Å². The second-order valence-electron chi connectivity index (χ2n) is 7.34. The van der Waals surface area contributed by atoms with Crippen LogP contribution in [0.25, 0.3) is 11.1 Å². The van der Waals surface area contributed by atoms with E-state index in [1.807, 2.05) is 36.5 Å². The Morgan fingerprint density at radius 2 is 1.83 bits per heavy atom. The average molecular weight is 403 g/mol. The molecule has 0 amide bonds. The summed E-state index contributed by atoms with van der Waals surface area (Å²) < 4.78 is 11.3.